The van der Waals surface area contributed by atoms with Crippen molar-refractivity contribution in [2.45, 2.75) is 31.2 Å². The third kappa shape index (κ3) is 2.60. The molecule has 11 heavy (non-hydrogen) atoms. The summed E-state index contributed by atoms with van der Waals surface area (Å²) in [5.41, 5.74) is 0. The van der Waals surface area contributed by atoms with Gasteiger partial charge in [-0.1, -0.05) is 0 Å². The van der Waals surface area contributed by atoms with Gasteiger partial charge in [-0.25, -0.2) is 0 Å². The predicted molar refractivity (Wildman–Crippen MR) is 41.7 cm³/mol. The molecule has 0 bridgehead atoms. The number of hydrogen-bond acceptors (Lipinski definition) is 3. The van der Waals surface area contributed by atoms with E-state index in [1.54, 1.807) is 0 Å². The van der Waals surface area contributed by atoms with E-state index in [0.29, 0.717) is 18.7 Å². The summed E-state index contributed by atoms with van der Waals surface area (Å²) >= 11 is 5.55. The number of rotatable bonds is 2. The number of aliphatic hydroxyl groups is 2. The molecule has 1 aliphatic heterocycles. The second-order valence-corrected chi connectivity index (χ2v) is 3.15. The van der Waals surface area contributed by atoms with Gasteiger partial charge in [0.1, 0.15) is 0 Å². The summed E-state index contributed by atoms with van der Waals surface area (Å²) in [4.78, 5) is 0. The third-order valence-corrected chi connectivity index (χ3v) is 2.17. The molecule has 3 nitrogen and oxygen atoms in total. The van der Waals surface area contributed by atoms with Crippen LogP contribution in [0.5, 0.6) is 0 Å². The van der Waals surface area contributed by atoms with Gasteiger partial charge in [0.25, 0.3) is 0 Å². The summed E-state index contributed by atoms with van der Waals surface area (Å²) < 4.78 is 5.31. The summed E-state index contributed by atoms with van der Waals surface area (Å²) in [6.45, 7) is -0.0373. The molecule has 0 amide bonds. The van der Waals surface area contributed by atoms with Crippen molar-refractivity contribution in [1.29, 1.82) is 0 Å². The molecule has 2 N–H and O–H groups in total. The Labute approximate surface area is 70.9 Å². The quantitative estimate of drug-likeness (QED) is 0.594. The van der Waals surface area contributed by atoms with E-state index in [4.69, 9.17) is 21.4 Å². The van der Waals surface area contributed by atoms with Crippen LogP contribution in [-0.2, 0) is 4.74 Å². The van der Waals surface area contributed by atoms with E-state index >= 15 is 0 Å². The Kier molecular flexibility index (Phi) is 3.59. The summed E-state index contributed by atoms with van der Waals surface area (Å²) in [6, 6.07) is 0. The molecule has 1 fully saturated rings. The lowest BCUT2D eigenvalue weighted by Crippen LogP contribution is -2.38. The van der Waals surface area contributed by atoms with Crippen LogP contribution < -0.4 is 0 Å². The molecule has 1 aliphatic rings. The SMILES string of the molecule is OCC1C[C@H](O)C[C@@H](CCl)O1. The van der Waals surface area contributed by atoms with Gasteiger partial charge in [-0.2, -0.15) is 0 Å². The van der Waals surface area contributed by atoms with Crippen LogP contribution in [-0.4, -0.2) is 41.0 Å². The highest BCUT2D eigenvalue weighted by atomic mass is 35.5. The second kappa shape index (κ2) is 4.26. The summed E-state index contributed by atoms with van der Waals surface area (Å²) in [6.07, 6.45) is 0.397. The molecule has 0 radical (unpaired) electrons. The smallest absolute Gasteiger partial charge is 0.0834 e. The van der Waals surface area contributed by atoms with E-state index in [1.807, 2.05) is 0 Å². The molecule has 0 aromatic rings. The maximum atomic E-state index is 9.26. The molecule has 4 heteroatoms. The highest BCUT2D eigenvalue weighted by Gasteiger charge is 2.26. The summed E-state index contributed by atoms with van der Waals surface area (Å²) in [5.74, 6) is 0.383. The molecule has 0 spiro atoms. The van der Waals surface area contributed by atoms with Gasteiger partial charge in [0.05, 0.1) is 24.9 Å². The minimum atomic E-state index is -0.371. The molecule has 0 saturated carbocycles. The highest BCUT2D eigenvalue weighted by molar-refractivity contribution is 6.18. The number of aliphatic hydroxyl groups excluding tert-OH is 2. The van der Waals surface area contributed by atoms with Crippen molar-refractivity contribution < 1.29 is 14.9 Å². The maximum absolute atomic E-state index is 9.26. The van der Waals surface area contributed by atoms with Gasteiger partial charge in [-0.05, 0) is 0 Å². The first-order chi connectivity index (χ1) is 5.26. The minimum absolute atomic E-state index is 0.0373. The minimum Gasteiger partial charge on any atom is -0.394 e. The number of halogens is 1. The lowest BCUT2D eigenvalue weighted by molar-refractivity contribution is -0.103. The molecule has 0 aliphatic carbocycles. The maximum Gasteiger partial charge on any atom is 0.0834 e. The Hall–Kier alpha value is 0.170. The Morgan fingerprint density at radius 3 is 2.55 bits per heavy atom. The van der Waals surface area contributed by atoms with Crippen molar-refractivity contribution in [3.63, 3.8) is 0 Å². The monoisotopic (exact) mass is 180 g/mol. The van der Waals surface area contributed by atoms with Crippen LogP contribution in [0.3, 0.4) is 0 Å². The van der Waals surface area contributed by atoms with Crippen molar-refractivity contribution in [3.05, 3.63) is 0 Å². The van der Waals surface area contributed by atoms with Crippen LogP contribution in [0, 0.1) is 0 Å². The van der Waals surface area contributed by atoms with Crippen LogP contribution in [0.2, 0.25) is 0 Å². The van der Waals surface area contributed by atoms with Gasteiger partial charge in [0.2, 0.25) is 0 Å². The molecule has 0 aromatic heterocycles. The van der Waals surface area contributed by atoms with Gasteiger partial charge >= 0.3 is 0 Å². The van der Waals surface area contributed by atoms with E-state index in [1.165, 1.54) is 0 Å². The van der Waals surface area contributed by atoms with Gasteiger partial charge in [-0.15, -0.1) is 11.6 Å². The number of ether oxygens (including phenoxy) is 1. The molecular formula is C7H13ClO3. The van der Waals surface area contributed by atoms with Gasteiger partial charge < -0.3 is 14.9 Å². The van der Waals surface area contributed by atoms with Crippen LogP contribution in [0.25, 0.3) is 0 Å². The second-order valence-electron chi connectivity index (χ2n) is 2.84. The number of alkyl halides is 1. The summed E-state index contributed by atoms with van der Waals surface area (Å²) in [5, 5.41) is 18.0. The lowest BCUT2D eigenvalue weighted by Gasteiger charge is -2.30. The van der Waals surface area contributed by atoms with Crippen molar-refractivity contribution in [2.24, 2.45) is 0 Å². The van der Waals surface area contributed by atoms with E-state index < -0.39 is 0 Å². The first-order valence-corrected chi connectivity index (χ1v) is 4.30. The zero-order valence-corrected chi connectivity index (χ0v) is 7.00. The first kappa shape index (κ1) is 9.26. The zero-order valence-electron chi connectivity index (χ0n) is 6.24. The van der Waals surface area contributed by atoms with Crippen LogP contribution in [0.4, 0.5) is 0 Å². The molecule has 1 rings (SSSR count). The van der Waals surface area contributed by atoms with E-state index in [0.717, 1.165) is 0 Å². The molecule has 1 unspecified atom stereocenters. The Morgan fingerprint density at radius 1 is 1.36 bits per heavy atom. The summed E-state index contributed by atoms with van der Waals surface area (Å²) in [7, 11) is 0. The standard InChI is InChI=1S/C7H13ClO3/c8-3-6-1-5(10)2-7(4-9)11-6/h5-7,9-10H,1-4H2/t5-,6+,7?/m1/s1. The van der Waals surface area contributed by atoms with Crippen molar-refractivity contribution in [2.75, 3.05) is 12.5 Å². The molecule has 0 aromatic carbocycles. The Balaban J connectivity index is 2.37. The molecule has 66 valence electrons. The van der Waals surface area contributed by atoms with Crippen LogP contribution >= 0.6 is 11.6 Å². The highest BCUT2D eigenvalue weighted by Crippen LogP contribution is 2.19. The van der Waals surface area contributed by atoms with Crippen molar-refractivity contribution >= 4 is 11.6 Å². The fraction of sp³-hybridized carbons (Fsp3) is 1.00. The van der Waals surface area contributed by atoms with Gasteiger partial charge in [-0.3, -0.25) is 0 Å². The topological polar surface area (TPSA) is 49.7 Å². The van der Waals surface area contributed by atoms with Crippen molar-refractivity contribution in [3.8, 4) is 0 Å². The molecular weight excluding hydrogens is 168 g/mol. The van der Waals surface area contributed by atoms with Gasteiger partial charge in [0, 0.05) is 18.7 Å². The van der Waals surface area contributed by atoms with E-state index in [9.17, 15) is 5.11 Å². The average Bonchev–Trinajstić information content (AvgIpc) is 2.03. The lowest BCUT2D eigenvalue weighted by atomic mass is 10.0. The molecule has 1 saturated heterocycles. The molecule has 1 heterocycles. The normalized spacial score (nSPS) is 39.0. The van der Waals surface area contributed by atoms with Gasteiger partial charge in [0.15, 0.2) is 0 Å². The van der Waals surface area contributed by atoms with E-state index in [-0.39, 0.29) is 24.9 Å². The Bertz CT molecular complexity index is 108. The number of hydrogen-bond donors (Lipinski definition) is 2. The largest absolute Gasteiger partial charge is 0.394 e. The third-order valence-electron chi connectivity index (χ3n) is 1.83. The first-order valence-electron chi connectivity index (χ1n) is 3.76. The fourth-order valence-corrected chi connectivity index (χ4v) is 1.50. The van der Waals surface area contributed by atoms with Crippen LogP contribution in [0.1, 0.15) is 12.8 Å². The van der Waals surface area contributed by atoms with Crippen molar-refractivity contribution in [1.82, 2.24) is 0 Å². The zero-order chi connectivity index (χ0) is 8.27. The van der Waals surface area contributed by atoms with Crippen LogP contribution in [0.15, 0.2) is 0 Å². The fourth-order valence-electron chi connectivity index (χ4n) is 1.30. The predicted octanol–water partition coefficient (Wildman–Crippen LogP) is 0.126. The average molecular weight is 181 g/mol. The van der Waals surface area contributed by atoms with E-state index in [2.05, 4.69) is 0 Å². The molecule has 3 atom stereocenters. The Morgan fingerprint density at radius 2 is 2.00 bits per heavy atom.